The van der Waals surface area contributed by atoms with Crippen LogP contribution < -0.4 is 4.74 Å². The zero-order chi connectivity index (χ0) is 21.9. The lowest BCUT2D eigenvalue weighted by atomic mass is 9.97. The number of benzene rings is 2. The molecule has 9 heteroatoms. The number of esters is 1. The molecule has 5 nitrogen and oxygen atoms in total. The molecule has 0 aromatic heterocycles. The van der Waals surface area contributed by atoms with Gasteiger partial charge in [-0.2, -0.15) is 0 Å². The number of carbonyl (C=O) groups is 1. The van der Waals surface area contributed by atoms with E-state index >= 15 is 0 Å². The van der Waals surface area contributed by atoms with E-state index in [0.29, 0.717) is 5.75 Å². The van der Waals surface area contributed by atoms with Crippen LogP contribution in [0.3, 0.4) is 0 Å². The monoisotopic (exact) mass is 458 g/mol. The van der Waals surface area contributed by atoms with Gasteiger partial charge >= 0.3 is 5.97 Å². The standard InChI is InChI=1S/C21H21ClF2O5S/c1-2-28-21(25)18-11-17(30(26,27)20-8-5-15(24)10-19(20)22)9-13(18)12-29-16-6-3-14(23)4-7-16/h3-8,10,13,17-18H,2,9,11-12H2,1H3. The summed E-state index contributed by atoms with van der Waals surface area (Å²) in [7, 11) is -3.90. The van der Waals surface area contributed by atoms with E-state index in [-0.39, 0.29) is 36.0 Å². The van der Waals surface area contributed by atoms with Crippen molar-refractivity contribution in [2.75, 3.05) is 13.2 Å². The van der Waals surface area contributed by atoms with Gasteiger partial charge in [0.2, 0.25) is 0 Å². The third-order valence-corrected chi connectivity index (χ3v) is 7.81. The van der Waals surface area contributed by atoms with Gasteiger partial charge in [0.1, 0.15) is 17.4 Å². The van der Waals surface area contributed by atoms with Gasteiger partial charge in [-0.05, 0) is 62.2 Å². The van der Waals surface area contributed by atoms with Gasteiger partial charge in [-0.15, -0.1) is 0 Å². The molecule has 30 heavy (non-hydrogen) atoms. The van der Waals surface area contributed by atoms with E-state index in [2.05, 4.69) is 0 Å². The fourth-order valence-corrected chi connectivity index (χ4v) is 6.07. The number of carbonyl (C=O) groups excluding carboxylic acids is 1. The Bertz CT molecular complexity index is 1010. The number of hydrogen-bond donors (Lipinski definition) is 0. The molecule has 1 aliphatic carbocycles. The van der Waals surface area contributed by atoms with Crippen molar-refractivity contribution in [1.82, 2.24) is 0 Å². The summed E-state index contributed by atoms with van der Waals surface area (Å²) in [5.41, 5.74) is 0. The summed E-state index contributed by atoms with van der Waals surface area (Å²) in [4.78, 5) is 12.3. The fraction of sp³-hybridized carbons (Fsp3) is 0.381. The van der Waals surface area contributed by atoms with Gasteiger partial charge < -0.3 is 9.47 Å². The summed E-state index contributed by atoms with van der Waals surface area (Å²) >= 11 is 5.97. The summed E-state index contributed by atoms with van der Waals surface area (Å²) in [5.74, 6) is -2.23. The molecule has 3 atom stereocenters. The van der Waals surface area contributed by atoms with Crippen LogP contribution in [0.25, 0.3) is 0 Å². The highest BCUT2D eigenvalue weighted by Gasteiger charge is 2.46. The number of rotatable bonds is 7. The predicted molar refractivity (Wildman–Crippen MR) is 107 cm³/mol. The Morgan fingerprint density at radius 2 is 1.77 bits per heavy atom. The largest absolute Gasteiger partial charge is 0.493 e. The Morgan fingerprint density at radius 1 is 1.10 bits per heavy atom. The topological polar surface area (TPSA) is 69.7 Å². The van der Waals surface area contributed by atoms with Crippen molar-refractivity contribution >= 4 is 27.4 Å². The molecule has 0 N–H and O–H groups in total. The Balaban J connectivity index is 1.81. The van der Waals surface area contributed by atoms with E-state index in [1.54, 1.807) is 6.92 Å². The highest BCUT2D eigenvalue weighted by atomic mass is 35.5. The van der Waals surface area contributed by atoms with Crippen LogP contribution >= 0.6 is 11.6 Å². The summed E-state index contributed by atoms with van der Waals surface area (Å²) < 4.78 is 63.4. The third-order valence-electron chi connectivity index (χ3n) is 5.16. The van der Waals surface area contributed by atoms with Crippen molar-refractivity contribution in [1.29, 1.82) is 0 Å². The van der Waals surface area contributed by atoms with Crippen molar-refractivity contribution in [3.63, 3.8) is 0 Å². The first-order valence-corrected chi connectivity index (χ1v) is 11.4. The maximum atomic E-state index is 13.3. The molecule has 2 aromatic rings. The van der Waals surface area contributed by atoms with Gasteiger partial charge in [0.05, 0.1) is 34.3 Å². The molecule has 3 unspecified atom stereocenters. The molecule has 1 fully saturated rings. The molecule has 3 rings (SSSR count). The van der Waals surface area contributed by atoms with Crippen molar-refractivity contribution < 1.29 is 31.5 Å². The molecule has 1 saturated carbocycles. The average molecular weight is 459 g/mol. The molecule has 0 heterocycles. The lowest BCUT2D eigenvalue weighted by Gasteiger charge is -2.18. The number of ether oxygens (including phenoxy) is 2. The van der Waals surface area contributed by atoms with Crippen molar-refractivity contribution in [2.24, 2.45) is 11.8 Å². The van der Waals surface area contributed by atoms with Crippen LogP contribution in [0.1, 0.15) is 19.8 Å². The fourth-order valence-electron chi connectivity index (χ4n) is 3.67. The molecule has 162 valence electrons. The maximum absolute atomic E-state index is 13.3. The zero-order valence-electron chi connectivity index (χ0n) is 16.2. The van der Waals surface area contributed by atoms with Gasteiger partial charge in [0.25, 0.3) is 0 Å². The van der Waals surface area contributed by atoms with Gasteiger partial charge in [0.15, 0.2) is 9.84 Å². The van der Waals surface area contributed by atoms with Crippen LogP contribution in [0.5, 0.6) is 5.75 Å². The normalized spacial score (nSPS) is 21.4. The molecular weight excluding hydrogens is 438 g/mol. The van der Waals surface area contributed by atoms with Crippen LogP contribution in [-0.4, -0.2) is 32.9 Å². The second-order valence-electron chi connectivity index (χ2n) is 7.10. The van der Waals surface area contributed by atoms with Crippen LogP contribution in [-0.2, 0) is 19.4 Å². The molecule has 0 saturated heterocycles. The van der Waals surface area contributed by atoms with E-state index in [1.807, 2.05) is 0 Å². The van der Waals surface area contributed by atoms with Gasteiger partial charge in [-0.1, -0.05) is 11.6 Å². The number of halogens is 3. The predicted octanol–water partition coefficient (Wildman–Crippen LogP) is 4.43. The lowest BCUT2D eigenvalue weighted by Crippen LogP contribution is -2.25. The van der Waals surface area contributed by atoms with Gasteiger partial charge in [0, 0.05) is 5.92 Å². The Kier molecular flexibility index (Phi) is 6.98. The average Bonchev–Trinajstić information content (AvgIpc) is 3.13. The second kappa shape index (κ2) is 9.31. The van der Waals surface area contributed by atoms with Crippen molar-refractivity contribution in [2.45, 2.75) is 29.9 Å². The highest BCUT2D eigenvalue weighted by Crippen LogP contribution is 2.40. The summed E-state index contributed by atoms with van der Waals surface area (Å²) in [6.07, 6.45) is 0.201. The van der Waals surface area contributed by atoms with Crippen LogP contribution in [0.2, 0.25) is 5.02 Å². The SMILES string of the molecule is CCOC(=O)C1CC(S(=O)(=O)c2ccc(F)cc2Cl)CC1COc1ccc(F)cc1. The zero-order valence-corrected chi connectivity index (χ0v) is 17.8. The molecule has 0 aliphatic heterocycles. The molecule has 1 aliphatic rings. The molecule has 0 radical (unpaired) electrons. The molecular formula is C21H21ClF2O5S. The number of sulfone groups is 1. The van der Waals surface area contributed by atoms with E-state index in [1.165, 1.54) is 24.3 Å². The molecule has 0 amide bonds. The Hall–Kier alpha value is -2.19. The maximum Gasteiger partial charge on any atom is 0.309 e. The Labute approximate surface area is 178 Å². The van der Waals surface area contributed by atoms with E-state index in [9.17, 15) is 22.0 Å². The first-order valence-electron chi connectivity index (χ1n) is 9.46. The summed E-state index contributed by atoms with van der Waals surface area (Å²) in [5, 5.41) is -1.09. The minimum atomic E-state index is -3.90. The van der Waals surface area contributed by atoms with Gasteiger partial charge in [-0.3, -0.25) is 4.79 Å². The van der Waals surface area contributed by atoms with E-state index < -0.39 is 44.5 Å². The minimum absolute atomic E-state index is 0.0479. The lowest BCUT2D eigenvalue weighted by molar-refractivity contribution is -0.149. The molecule has 0 bridgehead atoms. The Morgan fingerprint density at radius 3 is 2.40 bits per heavy atom. The highest BCUT2D eigenvalue weighted by molar-refractivity contribution is 7.92. The third kappa shape index (κ3) is 4.92. The van der Waals surface area contributed by atoms with Crippen molar-refractivity contribution in [3.05, 3.63) is 59.1 Å². The molecule has 0 spiro atoms. The summed E-state index contributed by atoms with van der Waals surface area (Å²) in [6, 6.07) is 8.52. The second-order valence-corrected chi connectivity index (χ2v) is 9.70. The first kappa shape index (κ1) is 22.5. The van der Waals surface area contributed by atoms with Gasteiger partial charge in [-0.25, -0.2) is 17.2 Å². The first-order chi connectivity index (χ1) is 14.2. The number of hydrogen-bond acceptors (Lipinski definition) is 5. The molecule has 2 aromatic carbocycles. The minimum Gasteiger partial charge on any atom is -0.493 e. The van der Waals surface area contributed by atoms with E-state index in [0.717, 1.165) is 18.2 Å². The van der Waals surface area contributed by atoms with Crippen LogP contribution in [0, 0.1) is 23.5 Å². The smallest absolute Gasteiger partial charge is 0.309 e. The summed E-state index contributed by atoms with van der Waals surface area (Å²) in [6.45, 7) is 1.91. The van der Waals surface area contributed by atoms with Crippen LogP contribution in [0.15, 0.2) is 47.4 Å². The van der Waals surface area contributed by atoms with E-state index in [4.69, 9.17) is 21.1 Å². The van der Waals surface area contributed by atoms with Crippen LogP contribution in [0.4, 0.5) is 8.78 Å². The van der Waals surface area contributed by atoms with Crippen molar-refractivity contribution in [3.8, 4) is 5.75 Å². The quantitative estimate of drug-likeness (QED) is 0.453.